The van der Waals surface area contributed by atoms with Crippen molar-refractivity contribution in [2.24, 2.45) is 0 Å². The monoisotopic (exact) mass is 343 g/mol. The zero-order valence-electron chi connectivity index (χ0n) is 13.9. The van der Waals surface area contributed by atoms with Crippen LogP contribution in [0.3, 0.4) is 0 Å². The van der Waals surface area contributed by atoms with Crippen molar-refractivity contribution in [2.75, 3.05) is 25.6 Å². The molecule has 0 atom stereocenters. The quantitative estimate of drug-likeness (QED) is 0.719. The van der Waals surface area contributed by atoms with Gasteiger partial charge in [-0.3, -0.25) is 4.79 Å². The maximum atomic E-state index is 12.2. The molecule has 8 heteroatoms. The first-order valence-corrected chi connectivity index (χ1v) is 7.73. The number of pyridine rings is 1. The van der Waals surface area contributed by atoms with Crippen molar-refractivity contribution in [1.82, 2.24) is 19.9 Å². The molecule has 0 saturated heterocycles. The number of hydrogen-bond acceptors (Lipinski definition) is 5. The molecule has 0 aliphatic heterocycles. The van der Waals surface area contributed by atoms with E-state index in [4.69, 9.17) is 4.74 Å². The Bertz CT molecular complexity index is 909. The number of aryl methyl sites for hydroxylation is 1. The SMILES string of the molecule is COc1cc(C(=O)NCCF)ccc1Nc1nc2ccc(C)cn2n1. The molecule has 7 nitrogen and oxygen atoms in total. The average molecular weight is 343 g/mol. The van der Waals surface area contributed by atoms with Crippen LogP contribution >= 0.6 is 0 Å². The Morgan fingerprint density at radius 1 is 1.32 bits per heavy atom. The van der Waals surface area contributed by atoms with E-state index in [0.29, 0.717) is 28.6 Å². The summed E-state index contributed by atoms with van der Waals surface area (Å²) in [7, 11) is 1.50. The van der Waals surface area contributed by atoms with E-state index in [9.17, 15) is 9.18 Å². The minimum absolute atomic E-state index is 0.0221. The molecule has 1 aromatic carbocycles. The summed E-state index contributed by atoms with van der Waals surface area (Å²) < 4.78 is 19.2. The number of hydrogen-bond donors (Lipinski definition) is 2. The Balaban J connectivity index is 1.84. The minimum atomic E-state index is -0.610. The molecular weight excluding hydrogens is 325 g/mol. The molecule has 2 aromatic heterocycles. The predicted octanol–water partition coefficient (Wildman–Crippen LogP) is 2.49. The van der Waals surface area contributed by atoms with Crippen molar-refractivity contribution < 1.29 is 13.9 Å². The fraction of sp³-hybridized carbons (Fsp3) is 0.235. The van der Waals surface area contributed by atoms with Gasteiger partial charge in [-0.05, 0) is 36.8 Å². The highest BCUT2D eigenvalue weighted by Crippen LogP contribution is 2.28. The van der Waals surface area contributed by atoms with E-state index in [1.807, 2.05) is 25.3 Å². The number of nitrogens with one attached hydrogen (secondary N) is 2. The number of benzene rings is 1. The van der Waals surface area contributed by atoms with Gasteiger partial charge in [-0.25, -0.2) is 8.91 Å². The van der Waals surface area contributed by atoms with Crippen molar-refractivity contribution in [3.05, 3.63) is 47.7 Å². The number of nitrogens with zero attached hydrogens (tertiary/aromatic N) is 3. The number of ether oxygens (including phenoxy) is 1. The molecule has 0 spiro atoms. The summed E-state index contributed by atoms with van der Waals surface area (Å²) in [6.45, 7) is 1.34. The minimum Gasteiger partial charge on any atom is -0.495 e. The summed E-state index contributed by atoms with van der Waals surface area (Å²) >= 11 is 0. The molecule has 3 aromatic rings. The van der Waals surface area contributed by atoms with Crippen LogP contribution < -0.4 is 15.4 Å². The van der Waals surface area contributed by atoms with Crippen LogP contribution in [0.15, 0.2) is 36.5 Å². The number of anilines is 2. The fourth-order valence-electron chi connectivity index (χ4n) is 2.36. The standard InChI is InChI=1S/C17H18FN5O2/c1-11-3-6-15-21-17(22-23(15)10-11)20-13-5-4-12(9-14(13)25-2)16(24)19-8-7-18/h3-6,9-10H,7-8H2,1-2H3,(H,19,24)(H,20,22). The van der Waals surface area contributed by atoms with E-state index in [1.54, 1.807) is 22.7 Å². The molecule has 0 bridgehead atoms. The summed E-state index contributed by atoms with van der Waals surface area (Å²) in [4.78, 5) is 16.3. The van der Waals surface area contributed by atoms with Gasteiger partial charge in [0, 0.05) is 18.3 Å². The Morgan fingerprint density at radius 2 is 2.16 bits per heavy atom. The van der Waals surface area contributed by atoms with Gasteiger partial charge in [0.25, 0.3) is 5.91 Å². The Hall–Kier alpha value is -3.16. The molecule has 130 valence electrons. The predicted molar refractivity (Wildman–Crippen MR) is 92.3 cm³/mol. The number of fused-ring (bicyclic) bond motifs is 1. The van der Waals surface area contributed by atoms with E-state index >= 15 is 0 Å². The summed E-state index contributed by atoms with van der Waals surface area (Å²) in [6, 6.07) is 8.73. The molecule has 25 heavy (non-hydrogen) atoms. The lowest BCUT2D eigenvalue weighted by molar-refractivity contribution is 0.0950. The third-order valence-corrected chi connectivity index (χ3v) is 3.57. The van der Waals surface area contributed by atoms with Crippen LogP contribution in [0.25, 0.3) is 5.65 Å². The molecule has 3 rings (SSSR count). The second-order valence-electron chi connectivity index (χ2n) is 5.43. The first kappa shape index (κ1) is 16.7. The van der Waals surface area contributed by atoms with Gasteiger partial charge in [0.15, 0.2) is 5.65 Å². The smallest absolute Gasteiger partial charge is 0.251 e. The number of alkyl halides is 1. The number of carbonyl (C=O) groups is 1. The molecule has 1 amide bonds. The van der Waals surface area contributed by atoms with Crippen LogP contribution in [0.1, 0.15) is 15.9 Å². The molecule has 0 radical (unpaired) electrons. The second kappa shape index (κ2) is 7.16. The number of halogens is 1. The lowest BCUT2D eigenvalue weighted by Gasteiger charge is -2.10. The first-order chi connectivity index (χ1) is 12.1. The van der Waals surface area contributed by atoms with Crippen molar-refractivity contribution in [3.63, 3.8) is 0 Å². The molecular formula is C17H18FN5O2. The van der Waals surface area contributed by atoms with Gasteiger partial charge >= 0.3 is 0 Å². The number of aromatic nitrogens is 3. The number of rotatable bonds is 6. The zero-order valence-corrected chi connectivity index (χ0v) is 13.9. The number of methoxy groups -OCH3 is 1. The average Bonchev–Trinajstić information content (AvgIpc) is 3.01. The topological polar surface area (TPSA) is 80.5 Å². The molecule has 0 fully saturated rings. The highest BCUT2D eigenvalue weighted by Gasteiger charge is 2.12. The highest BCUT2D eigenvalue weighted by atomic mass is 19.1. The van der Waals surface area contributed by atoms with Crippen molar-refractivity contribution in [1.29, 1.82) is 0 Å². The van der Waals surface area contributed by atoms with Crippen molar-refractivity contribution in [3.8, 4) is 5.75 Å². The van der Waals surface area contributed by atoms with E-state index in [-0.39, 0.29) is 12.5 Å². The van der Waals surface area contributed by atoms with E-state index < -0.39 is 6.67 Å². The van der Waals surface area contributed by atoms with Crippen LogP contribution in [0.5, 0.6) is 5.75 Å². The summed E-state index contributed by atoms with van der Waals surface area (Å²) in [5.41, 5.74) is 2.80. The van der Waals surface area contributed by atoms with Gasteiger partial charge < -0.3 is 15.4 Å². The Kier molecular flexibility index (Phi) is 4.78. The number of carbonyl (C=O) groups excluding carboxylic acids is 1. The van der Waals surface area contributed by atoms with E-state index in [2.05, 4.69) is 20.7 Å². The normalized spacial score (nSPS) is 10.7. The van der Waals surface area contributed by atoms with Gasteiger partial charge in [-0.2, -0.15) is 4.98 Å². The van der Waals surface area contributed by atoms with Crippen molar-refractivity contribution >= 4 is 23.2 Å². The maximum absolute atomic E-state index is 12.2. The van der Waals surface area contributed by atoms with Crippen LogP contribution in [-0.4, -0.2) is 40.8 Å². The van der Waals surface area contributed by atoms with E-state index in [1.165, 1.54) is 7.11 Å². The van der Waals surface area contributed by atoms with Crippen LogP contribution in [0.4, 0.5) is 16.0 Å². The molecule has 2 heterocycles. The van der Waals surface area contributed by atoms with Gasteiger partial charge in [-0.1, -0.05) is 6.07 Å². The Morgan fingerprint density at radius 3 is 2.92 bits per heavy atom. The second-order valence-corrected chi connectivity index (χ2v) is 5.43. The first-order valence-electron chi connectivity index (χ1n) is 7.73. The molecule has 0 aliphatic rings. The van der Waals surface area contributed by atoms with Gasteiger partial charge in [-0.15, -0.1) is 5.10 Å². The number of amides is 1. The van der Waals surface area contributed by atoms with Gasteiger partial charge in [0.2, 0.25) is 5.95 Å². The van der Waals surface area contributed by atoms with E-state index in [0.717, 1.165) is 5.56 Å². The molecule has 2 N–H and O–H groups in total. The summed E-state index contributed by atoms with van der Waals surface area (Å²) in [5.74, 6) is 0.519. The van der Waals surface area contributed by atoms with Crippen LogP contribution in [-0.2, 0) is 0 Å². The maximum Gasteiger partial charge on any atom is 0.251 e. The Labute approximate surface area is 143 Å². The van der Waals surface area contributed by atoms with Crippen LogP contribution in [0.2, 0.25) is 0 Å². The fourth-order valence-corrected chi connectivity index (χ4v) is 2.36. The zero-order chi connectivity index (χ0) is 17.8. The lowest BCUT2D eigenvalue weighted by Crippen LogP contribution is -2.25. The third kappa shape index (κ3) is 3.68. The largest absolute Gasteiger partial charge is 0.495 e. The lowest BCUT2D eigenvalue weighted by atomic mass is 10.1. The van der Waals surface area contributed by atoms with Crippen LogP contribution in [0, 0.1) is 6.92 Å². The summed E-state index contributed by atoms with van der Waals surface area (Å²) in [5, 5.41) is 9.92. The highest BCUT2D eigenvalue weighted by molar-refractivity contribution is 5.95. The van der Waals surface area contributed by atoms with Gasteiger partial charge in [0.1, 0.15) is 12.4 Å². The third-order valence-electron chi connectivity index (χ3n) is 3.57. The molecule has 0 unspecified atom stereocenters. The van der Waals surface area contributed by atoms with Gasteiger partial charge in [0.05, 0.1) is 12.8 Å². The molecule has 0 aliphatic carbocycles. The van der Waals surface area contributed by atoms with Crippen molar-refractivity contribution in [2.45, 2.75) is 6.92 Å². The summed E-state index contributed by atoms with van der Waals surface area (Å²) in [6.07, 6.45) is 1.88. The molecule has 0 saturated carbocycles.